The second-order valence-electron chi connectivity index (χ2n) is 3.24. The molecule has 0 spiro atoms. The van der Waals surface area contributed by atoms with Crippen molar-refractivity contribution in [2.24, 2.45) is 0 Å². The third-order valence-corrected chi connectivity index (χ3v) is 1.97. The molecule has 0 aliphatic rings. The zero-order valence-electron chi connectivity index (χ0n) is 9.08. The highest BCUT2D eigenvalue weighted by Gasteiger charge is 2.27. The normalized spacial score (nSPS) is 11.1. The summed E-state index contributed by atoms with van der Waals surface area (Å²) in [5, 5.41) is 0. The molecule has 0 atom stereocenters. The summed E-state index contributed by atoms with van der Waals surface area (Å²) < 4.78 is 45.6. The van der Waals surface area contributed by atoms with Gasteiger partial charge in [0.1, 0.15) is 6.29 Å². The van der Waals surface area contributed by atoms with E-state index in [0.29, 0.717) is 11.8 Å². The van der Waals surface area contributed by atoms with Gasteiger partial charge in [0.05, 0.1) is 20.1 Å². The molecule has 0 N–H and O–H groups in total. The maximum atomic E-state index is 11.9. The predicted octanol–water partition coefficient (Wildman–Crippen LogP) is 2.84. The summed E-state index contributed by atoms with van der Waals surface area (Å²) in [6.07, 6.45) is -4.74. The smallest absolute Gasteiger partial charge is 0.392 e. The van der Waals surface area contributed by atoms with Gasteiger partial charge in [-0.1, -0.05) is 0 Å². The minimum absolute atomic E-state index is 0.126. The van der Waals surface area contributed by atoms with Gasteiger partial charge in [0, 0.05) is 5.56 Å². The number of carbonyl (C=O) groups is 1. The van der Waals surface area contributed by atoms with Gasteiger partial charge in [0.2, 0.25) is 0 Å². The molecule has 0 amide bonds. The fourth-order valence-electron chi connectivity index (χ4n) is 1.16. The number of benzene rings is 1. The van der Waals surface area contributed by atoms with Crippen LogP contribution in [0, 0.1) is 0 Å². The number of methoxy groups -OCH3 is 1. The number of ether oxygens (including phenoxy) is 2. The topological polar surface area (TPSA) is 35.5 Å². The summed E-state index contributed by atoms with van der Waals surface area (Å²) in [5.74, 6) is 0.416. The van der Waals surface area contributed by atoms with Crippen molar-refractivity contribution < 1.29 is 27.4 Å². The number of alkyl halides is 3. The summed E-state index contributed by atoms with van der Waals surface area (Å²) in [6.45, 7) is -0.512. The SMILES string of the molecule is COc1ccc(C=O)cc1OCCC(F)(F)F. The molecular formula is C11H11F3O3. The Morgan fingerprint density at radius 2 is 2.00 bits per heavy atom. The van der Waals surface area contributed by atoms with Crippen molar-refractivity contribution >= 4 is 6.29 Å². The zero-order chi connectivity index (χ0) is 12.9. The van der Waals surface area contributed by atoms with Gasteiger partial charge >= 0.3 is 6.18 Å². The summed E-state index contributed by atoms with van der Waals surface area (Å²) >= 11 is 0. The lowest BCUT2D eigenvalue weighted by molar-refractivity contribution is -0.139. The molecule has 0 bridgehead atoms. The fraction of sp³-hybridized carbons (Fsp3) is 0.364. The fourth-order valence-corrected chi connectivity index (χ4v) is 1.16. The lowest BCUT2D eigenvalue weighted by Gasteiger charge is -2.12. The van der Waals surface area contributed by atoms with E-state index in [1.165, 1.54) is 25.3 Å². The van der Waals surface area contributed by atoms with Crippen molar-refractivity contribution in [3.05, 3.63) is 23.8 Å². The standard InChI is InChI=1S/C11H11F3O3/c1-16-9-3-2-8(7-15)6-10(9)17-5-4-11(12,13)14/h2-3,6-7H,4-5H2,1H3. The summed E-state index contributed by atoms with van der Waals surface area (Å²) in [4.78, 5) is 10.5. The molecule has 0 aliphatic carbocycles. The quantitative estimate of drug-likeness (QED) is 0.751. The molecule has 0 saturated carbocycles. The van der Waals surface area contributed by atoms with E-state index in [4.69, 9.17) is 9.47 Å². The Morgan fingerprint density at radius 1 is 1.29 bits per heavy atom. The van der Waals surface area contributed by atoms with Crippen LogP contribution in [0.5, 0.6) is 11.5 Å². The van der Waals surface area contributed by atoms with Gasteiger partial charge in [0.15, 0.2) is 11.5 Å². The van der Waals surface area contributed by atoms with E-state index in [2.05, 4.69) is 0 Å². The molecule has 1 rings (SSSR count). The first-order chi connectivity index (χ1) is 7.96. The van der Waals surface area contributed by atoms with Gasteiger partial charge in [-0.05, 0) is 18.2 Å². The molecule has 0 saturated heterocycles. The van der Waals surface area contributed by atoms with Gasteiger partial charge in [-0.2, -0.15) is 13.2 Å². The first-order valence-corrected chi connectivity index (χ1v) is 4.79. The molecule has 94 valence electrons. The third-order valence-electron chi connectivity index (χ3n) is 1.97. The maximum absolute atomic E-state index is 11.9. The summed E-state index contributed by atoms with van der Waals surface area (Å²) in [6, 6.07) is 4.29. The number of aldehydes is 1. The molecule has 17 heavy (non-hydrogen) atoms. The molecule has 0 radical (unpaired) electrons. The minimum atomic E-state index is -4.27. The third kappa shape index (κ3) is 4.34. The predicted molar refractivity (Wildman–Crippen MR) is 54.5 cm³/mol. The molecule has 0 aromatic heterocycles. The van der Waals surface area contributed by atoms with E-state index in [1.54, 1.807) is 0 Å². The zero-order valence-corrected chi connectivity index (χ0v) is 9.08. The number of hydrogen-bond acceptors (Lipinski definition) is 3. The van der Waals surface area contributed by atoms with Crippen molar-refractivity contribution in [3.8, 4) is 11.5 Å². The molecule has 0 unspecified atom stereocenters. The van der Waals surface area contributed by atoms with Crippen LogP contribution in [0.15, 0.2) is 18.2 Å². The van der Waals surface area contributed by atoms with Crippen LogP contribution in [-0.2, 0) is 0 Å². The van der Waals surface area contributed by atoms with Crippen molar-refractivity contribution in [1.29, 1.82) is 0 Å². The lowest BCUT2D eigenvalue weighted by atomic mass is 10.2. The van der Waals surface area contributed by atoms with E-state index in [9.17, 15) is 18.0 Å². The Kier molecular flexibility index (Phi) is 4.37. The van der Waals surface area contributed by atoms with Crippen molar-refractivity contribution in [2.45, 2.75) is 12.6 Å². The molecule has 6 heteroatoms. The van der Waals surface area contributed by atoms with Crippen molar-refractivity contribution in [1.82, 2.24) is 0 Å². The second kappa shape index (κ2) is 5.56. The molecule has 1 aromatic carbocycles. The highest BCUT2D eigenvalue weighted by atomic mass is 19.4. The Bertz CT molecular complexity index is 388. The van der Waals surface area contributed by atoms with Crippen LogP contribution < -0.4 is 9.47 Å². The number of rotatable bonds is 5. The van der Waals surface area contributed by atoms with E-state index in [-0.39, 0.29) is 11.5 Å². The Balaban J connectivity index is 2.71. The van der Waals surface area contributed by atoms with Crippen molar-refractivity contribution in [2.75, 3.05) is 13.7 Å². The second-order valence-corrected chi connectivity index (χ2v) is 3.24. The highest BCUT2D eigenvalue weighted by Crippen LogP contribution is 2.28. The monoisotopic (exact) mass is 248 g/mol. The first kappa shape index (κ1) is 13.3. The minimum Gasteiger partial charge on any atom is -0.493 e. The van der Waals surface area contributed by atoms with Crippen LogP contribution in [0.3, 0.4) is 0 Å². The van der Waals surface area contributed by atoms with Crippen LogP contribution in [0.2, 0.25) is 0 Å². The molecule has 0 aliphatic heterocycles. The van der Waals surface area contributed by atoms with Gasteiger partial charge < -0.3 is 9.47 Å². The van der Waals surface area contributed by atoms with Gasteiger partial charge in [-0.15, -0.1) is 0 Å². The Labute approximate surface area is 96.1 Å². The van der Waals surface area contributed by atoms with Crippen LogP contribution in [-0.4, -0.2) is 26.2 Å². The van der Waals surface area contributed by atoms with E-state index in [0.717, 1.165) is 0 Å². The number of hydrogen-bond donors (Lipinski definition) is 0. The summed E-state index contributed by atoms with van der Waals surface area (Å²) in [5.41, 5.74) is 0.313. The number of carbonyl (C=O) groups excluding carboxylic acids is 1. The first-order valence-electron chi connectivity index (χ1n) is 4.79. The van der Waals surface area contributed by atoms with E-state index < -0.39 is 19.2 Å². The van der Waals surface area contributed by atoms with E-state index >= 15 is 0 Å². The molecule has 3 nitrogen and oxygen atoms in total. The summed E-state index contributed by atoms with van der Waals surface area (Å²) in [7, 11) is 1.37. The van der Waals surface area contributed by atoms with Crippen LogP contribution in [0.25, 0.3) is 0 Å². The largest absolute Gasteiger partial charge is 0.493 e. The van der Waals surface area contributed by atoms with Gasteiger partial charge in [-0.25, -0.2) is 0 Å². The average Bonchev–Trinajstić information content (AvgIpc) is 2.27. The molecule has 0 fully saturated rings. The molecular weight excluding hydrogens is 237 g/mol. The van der Waals surface area contributed by atoms with E-state index in [1.807, 2.05) is 0 Å². The number of halogens is 3. The Morgan fingerprint density at radius 3 is 2.53 bits per heavy atom. The average molecular weight is 248 g/mol. The van der Waals surface area contributed by atoms with Crippen LogP contribution in [0.4, 0.5) is 13.2 Å². The van der Waals surface area contributed by atoms with Gasteiger partial charge in [-0.3, -0.25) is 4.79 Å². The van der Waals surface area contributed by atoms with Crippen LogP contribution >= 0.6 is 0 Å². The maximum Gasteiger partial charge on any atom is 0.392 e. The van der Waals surface area contributed by atoms with Gasteiger partial charge in [0.25, 0.3) is 0 Å². The molecule has 1 aromatic rings. The molecule has 0 heterocycles. The van der Waals surface area contributed by atoms with Crippen molar-refractivity contribution in [3.63, 3.8) is 0 Å². The van der Waals surface area contributed by atoms with Crippen LogP contribution in [0.1, 0.15) is 16.8 Å². The lowest BCUT2D eigenvalue weighted by Crippen LogP contribution is -2.13. The highest BCUT2D eigenvalue weighted by molar-refractivity contribution is 5.76. The Hall–Kier alpha value is -1.72.